The van der Waals surface area contributed by atoms with Crippen LogP contribution in [0.4, 0.5) is 5.69 Å². The van der Waals surface area contributed by atoms with Gasteiger partial charge < -0.3 is 14.7 Å². The molecule has 2 heterocycles. The minimum absolute atomic E-state index is 0.167. The first-order chi connectivity index (χ1) is 9.20. The van der Waals surface area contributed by atoms with E-state index in [1.807, 2.05) is 6.92 Å². The molecule has 0 aromatic carbocycles. The Morgan fingerprint density at radius 2 is 2.21 bits per heavy atom. The fourth-order valence-corrected chi connectivity index (χ4v) is 2.18. The molecule has 1 unspecified atom stereocenters. The molecular weight excluding hydrogens is 246 g/mol. The summed E-state index contributed by atoms with van der Waals surface area (Å²) in [6, 6.07) is 1.58. The normalized spacial score (nSPS) is 17.5. The predicted molar refractivity (Wildman–Crippen MR) is 72.4 cm³/mol. The number of aliphatic hydroxyl groups is 1. The number of hydrogen-bond acceptors (Lipinski definition) is 5. The molecule has 0 amide bonds. The largest absolute Gasteiger partial charge is 0.391 e. The van der Waals surface area contributed by atoms with Gasteiger partial charge in [0.1, 0.15) is 0 Å². The number of ether oxygens (including phenoxy) is 1. The molecule has 1 fully saturated rings. The van der Waals surface area contributed by atoms with Crippen molar-refractivity contribution >= 4 is 5.69 Å². The van der Waals surface area contributed by atoms with E-state index in [-0.39, 0.29) is 12.1 Å². The lowest BCUT2D eigenvalue weighted by Crippen LogP contribution is -2.38. The van der Waals surface area contributed by atoms with Gasteiger partial charge in [0.05, 0.1) is 37.7 Å². The number of hydrogen-bond donors (Lipinski definition) is 1. The Kier molecular flexibility index (Phi) is 4.93. The van der Waals surface area contributed by atoms with Crippen LogP contribution in [0.3, 0.4) is 0 Å². The van der Waals surface area contributed by atoms with Gasteiger partial charge in [0.2, 0.25) is 0 Å². The van der Waals surface area contributed by atoms with Gasteiger partial charge in [-0.25, -0.2) is 4.68 Å². The fraction of sp³-hybridized carbons (Fsp3) is 0.692. The molecule has 1 saturated heterocycles. The van der Waals surface area contributed by atoms with Crippen molar-refractivity contribution < 1.29 is 9.84 Å². The molecule has 1 N–H and O–H groups in total. The standard InChI is InChI=1S/C13H21N3O3/c1-2-3-12(17)10-16-13(18)8-11(9-14-16)15-4-6-19-7-5-15/h8-9,12,17H,2-7,10H2,1H3. The Bertz CT molecular complexity index is 455. The minimum atomic E-state index is -0.510. The summed E-state index contributed by atoms with van der Waals surface area (Å²) >= 11 is 0. The molecule has 0 saturated carbocycles. The van der Waals surface area contributed by atoms with E-state index in [1.165, 1.54) is 4.68 Å². The summed E-state index contributed by atoms with van der Waals surface area (Å²) < 4.78 is 6.60. The fourth-order valence-electron chi connectivity index (χ4n) is 2.18. The maximum absolute atomic E-state index is 12.0. The van der Waals surface area contributed by atoms with Crippen molar-refractivity contribution in [1.82, 2.24) is 9.78 Å². The van der Waals surface area contributed by atoms with Crippen molar-refractivity contribution in [2.24, 2.45) is 0 Å². The van der Waals surface area contributed by atoms with Gasteiger partial charge in [0.15, 0.2) is 0 Å². The van der Waals surface area contributed by atoms with E-state index in [4.69, 9.17) is 4.74 Å². The van der Waals surface area contributed by atoms with Crippen molar-refractivity contribution in [2.75, 3.05) is 31.2 Å². The number of morpholine rings is 1. The minimum Gasteiger partial charge on any atom is -0.391 e. The summed E-state index contributed by atoms with van der Waals surface area (Å²) in [5, 5.41) is 13.9. The molecule has 1 atom stereocenters. The van der Waals surface area contributed by atoms with Gasteiger partial charge in [-0.05, 0) is 6.42 Å². The van der Waals surface area contributed by atoms with Crippen LogP contribution >= 0.6 is 0 Å². The van der Waals surface area contributed by atoms with Gasteiger partial charge in [-0.15, -0.1) is 0 Å². The van der Waals surface area contributed by atoms with Crippen molar-refractivity contribution in [1.29, 1.82) is 0 Å². The third-order valence-electron chi connectivity index (χ3n) is 3.24. The Morgan fingerprint density at radius 1 is 1.47 bits per heavy atom. The van der Waals surface area contributed by atoms with E-state index in [2.05, 4.69) is 10.00 Å². The topological polar surface area (TPSA) is 67.6 Å². The summed E-state index contributed by atoms with van der Waals surface area (Å²) in [4.78, 5) is 14.0. The van der Waals surface area contributed by atoms with E-state index < -0.39 is 6.10 Å². The molecule has 19 heavy (non-hydrogen) atoms. The van der Waals surface area contributed by atoms with Gasteiger partial charge in [0, 0.05) is 19.2 Å². The first-order valence-corrected chi connectivity index (χ1v) is 6.78. The highest BCUT2D eigenvalue weighted by atomic mass is 16.5. The molecule has 0 spiro atoms. The molecule has 2 rings (SSSR count). The third-order valence-corrected chi connectivity index (χ3v) is 3.24. The molecule has 1 aromatic rings. The van der Waals surface area contributed by atoms with Crippen LogP contribution in [0.1, 0.15) is 19.8 Å². The first kappa shape index (κ1) is 14.0. The van der Waals surface area contributed by atoms with E-state index in [1.54, 1.807) is 12.3 Å². The van der Waals surface area contributed by atoms with Crippen LogP contribution < -0.4 is 10.5 Å². The summed E-state index contributed by atoms with van der Waals surface area (Å²) in [6.45, 7) is 5.18. The highest BCUT2D eigenvalue weighted by Gasteiger charge is 2.13. The molecule has 6 nitrogen and oxygen atoms in total. The zero-order chi connectivity index (χ0) is 13.7. The molecule has 0 aliphatic carbocycles. The average Bonchev–Trinajstić information content (AvgIpc) is 2.42. The monoisotopic (exact) mass is 267 g/mol. The number of aliphatic hydroxyl groups excluding tert-OH is 1. The van der Waals surface area contributed by atoms with Crippen LogP contribution in [-0.2, 0) is 11.3 Å². The second kappa shape index (κ2) is 6.68. The lowest BCUT2D eigenvalue weighted by molar-refractivity contribution is 0.122. The molecule has 0 radical (unpaired) electrons. The number of aromatic nitrogens is 2. The Hall–Kier alpha value is -1.40. The van der Waals surface area contributed by atoms with E-state index in [9.17, 15) is 9.90 Å². The van der Waals surface area contributed by atoms with E-state index in [0.29, 0.717) is 19.6 Å². The van der Waals surface area contributed by atoms with Gasteiger partial charge >= 0.3 is 0 Å². The third kappa shape index (κ3) is 3.78. The van der Waals surface area contributed by atoms with Crippen LogP contribution in [-0.4, -0.2) is 47.3 Å². The number of nitrogens with zero attached hydrogens (tertiary/aromatic N) is 3. The quantitative estimate of drug-likeness (QED) is 0.828. The molecule has 0 bridgehead atoms. The molecule has 1 aliphatic heterocycles. The Morgan fingerprint density at radius 3 is 2.84 bits per heavy atom. The van der Waals surface area contributed by atoms with Crippen molar-refractivity contribution in [3.63, 3.8) is 0 Å². The average molecular weight is 267 g/mol. The molecule has 6 heteroatoms. The first-order valence-electron chi connectivity index (χ1n) is 6.78. The highest BCUT2D eigenvalue weighted by molar-refractivity contribution is 5.43. The number of anilines is 1. The van der Waals surface area contributed by atoms with Crippen LogP contribution in [0.2, 0.25) is 0 Å². The van der Waals surface area contributed by atoms with Crippen molar-refractivity contribution in [3.05, 3.63) is 22.6 Å². The van der Waals surface area contributed by atoms with Crippen molar-refractivity contribution in [3.8, 4) is 0 Å². The Labute approximate surface area is 112 Å². The van der Waals surface area contributed by atoms with Gasteiger partial charge in [-0.1, -0.05) is 13.3 Å². The second-order valence-electron chi connectivity index (χ2n) is 4.78. The van der Waals surface area contributed by atoms with Gasteiger partial charge in [-0.3, -0.25) is 4.79 Å². The maximum Gasteiger partial charge on any atom is 0.268 e. The summed E-state index contributed by atoms with van der Waals surface area (Å²) in [6.07, 6.45) is 2.75. The molecule has 1 aromatic heterocycles. The molecular formula is C13H21N3O3. The van der Waals surface area contributed by atoms with Crippen LogP contribution in [0.15, 0.2) is 17.1 Å². The Balaban J connectivity index is 2.06. The summed E-state index contributed by atoms with van der Waals surface area (Å²) in [5.74, 6) is 0. The lowest BCUT2D eigenvalue weighted by Gasteiger charge is -2.28. The van der Waals surface area contributed by atoms with Crippen LogP contribution in [0.25, 0.3) is 0 Å². The van der Waals surface area contributed by atoms with Crippen LogP contribution in [0.5, 0.6) is 0 Å². The van der Waals surface area contributed by atoms with E-state index in [0.717, 1.165) is 25.2 Å². The molecule has 1 aliphatic rings. The van der Waals surface area contributed by atoms with Gasteiger partial charge in [0.25, 0.3) is 5.56 Å². The van der Waals surface area contributed by atoms with Crippen LogP contribution in [0, 0.1) is 0 Å². The molecule has 106 valence electrons. The summed E-state index contributed by atoms with van der Waals surface area (Å²) in [7, 11) is 0. The number of rotatable bonds is 5. The smallest absolute Gasteiger partial charge is 0.268 e. The maximum atomic E-state index is 12.0. The van der Waals surface area contributed by atoms with Gasteiger partial charge in [-0.2, -0.15) is 5.10 Å². The second-order valence-corrected chi connectivity index (χ2v) is 4.78. The SMILES string of the molecule is CCCC(O)Cn1ncc(N2CCOCC2)cc1=O. The van der Waals surface area contributed by atoms with E-state index >= 15 is 0 Å². The lowest BCUT2D eigenvalue weighted by atomic mass is 10.2. The summed E-state index contributed by atoms with van der Waals surface area (Å²) in [5.41, 5.74) is 0.661. The van der Waals surface area contributed by atoms with Crippen molar-refractivity contribution in [2.45, 2.75) is 32.4 Å². The zero-order valence-electron chi connectivity index (χ0n) is 11.3. The predicted octanol–water partition coefficient (Wildman–Crippen LogP) is 0.241. The zero-order valence-corrected chi connectivity index (χ0v) is 11.3. The highest BCUT2D eigenvalue weighted by Crippen LogP contribution is 2.11.